The number of rotatable bonds is 4. The van der Waals surface area contributed by atoms with Crippen molar-refractivity contribution < 1.29 is 14.2 Å². The van der Waals surface area contributed by atoms with E-state index in [2.05, 4.69) is 22.2 Å². The van der Waals surface area contributed by atoms with Crippen LogP contribution in [-0.2, 0) is 0 Å². The van der Waals surface area contributed by atoms with Gasteiger partial charge in [0.25, 0.3) is 0 Å². The summed E-state index contributed by atoms with van der Waals surface area (Å²) in [5.41, 5.74) is 2.93. The van der Waals surface area contributed by atoms with Gasteiger partial charge in [-0.2, -0.15) is 0 Å². The molecule has 1 aromatic heterocycles. The van der Waals surface area contributed by atoms with Crippen molar-refractivity contribution in [3.63, 3.8) is 0 Å². The molecule has 2 heterocycles. The predicted octanol–water partition coefficient (Wildman–Crippen LogP) is 3.52. The lowest BCUT2D eigenvalue weighted by atomic mass is 10.1. The molecule has 24 heavy (non-hydrogen) atoms. The van der Waals surface area contributed by atoms with E-state index >= 15 is 0 Å². The molecule has 2 aromatic carbocycles. The van der Waals surface area contributed by atoms with Crippen molar-refractivity contribution in [2.45, 2.75) is 13.0 Å². The molecule has 1 unspecified atom stereocenters. The zero-order valence-corrected chi connectivity index (χ0v) is 13.6. The van der Waals surface area contributed by atoms with E-state index in [1.54, 1.807) is 7.11 Å². The van der Waals surface area contributed by atoms with Gasteiger partial charge in [0.1, 0.15) is 19.0 Å². The summed E-state index contributed by atoms with van der Waals surface area (Å²) >= 11 is 0. The molecule has 3 aromatic rings. The molecular weight excluding hydrogens is 306 g/mol. The maximum absolute atomic E-state index is 5.61. The molecule has 4 rings (SSSR count). The third-order valence-electron chi connectivity index (χ3n) is 4.11. The lowest BCUT2D eigenvalue weighted by Gasteiger charge is -2.17. The standard InChI is InChI=1S/C18H19N3O3/c1-11(12-3-5-13(22-2)6-4-12)19-18-20-14-9-16-17(10-15(14)21-18)24-8-7-23-16/h3-6,9-11H,7-8H2,1-2H3,(H2,19,20,21). The van der Waals surface area contributed by atoms with Gasteiger partial charge in [0.15, 0.2) is 11.5 Å². The molecule has 0 saturated carbocycles. The van der Waals surface area contributed by atoms with Gasteiger partial charge in [0.2, 0.25) is 5.95 Å². The first kappa shape index (κ1) is 14.7. The van der Waals surface area contributed by atoms with E-state index in [9.17, 15) is 0 Å². The average Bonchev–Trinajstić information content (AvgIpc) is 3.00. The fourth-order valence-corrected chi connectivity index (χ4v) is 2.80. The van der Waals surface area contributed by atoms with Crippen LogP contribution >= 0.6 is 0 Å². The quantitative estimate of drug-likeness (QED) is 0.768. The fourth-order valence-electron chi connectivity index (χ4n) is 2.80. The summed E-state index contributed by atoms with van der Waals surface area (Å²) in [6, 6.07) is 11.9. The van der Waals surface area contributed by atoms with E-state index in [4.69, 9.17) is 14.2 Å². The Balaban J connectivity index is 1.57. The zero-order valence-electron chi connectivity index (χ0n) is 13.6. The Labute approximate surface area is 139 Å². The number of imidazole rings is 1. The Morgan fingerprint density at radius 3 is 2.54 bits per heavy atom. The maximum atomic E-state index is 5.61. The Kier molecular flexibility index (Phi) is 3.65. The number of hydrogen-bond acceptors (Lipinski definition) is 5. The Morgan fingerprint density at radius 2 is 1.83 bits per heavy atom. The van der Waals surface area contributed by atoms with Gasteiger partial charge in [-0.15, -0.1) is 0 Å². The van der Waals surface area contributed by atoms with Gasteiger partial charge >= 0.3 is 0 Å². The summed E-state index contributed by atoms with van der Waals surface area (Å²) in [4.78, 5) is 7.88. The molecule has 0 spiro atoms. The first-order valence-electron chi connectivity index (χ1n) is 7.93. The Hall–Kier alpha value is -2.89. The Bertz CT molecular complexity index is 815. The van der Waals surface area contributed by atoms with Gasteiger partial charge in [-0.3, -0.25) is 0 Å². The van der Waals surface area contributed by atoms with Crippen molar-refractivity contribution >= 4 is 17.0 Å². The number of aromatic amines is 1. The van der Waals surface area contributed by atoms with E-state index < -0.39 is 0 Å². The summed E-state index contributed by atoms with van der Waals surface area (Å²) in [6.07, 6.45) is 0. The van der Waals surface area contributed by atoms with Crippen LogP contribution in [0.5, 0.6) is 17.2 Å². The van der Waals surface area contributed by atoms with E-state index in [1.807, 2.05) is 36.4 Å². The number of nitrogens with zero attached hydrogens (tertiary/aromatic N) is 1. The largest absolute Gasteiger partial charge is 0.497 e. The minimum atomic E-state index is 0.110. The van der Waals surface area contributed by atoms with Gasteiger partial charge in [-0.1, -0.05) is 12.1 Å². The second-order valence-corrected chi connectivity index (χ2v) is 5.74. The fraction of sp³-hybridized carbons (Fsp3) is 0.278. The van der Waals surface area contributed by atoms with Gasteiger partial charge in [-0.05, 0) is 24.6 Å². The molecule has 0 bridgehead atoms. The molecule has 0 fully saturated rings. The van der Waals surface area contributed by atoms with Crippen molar-refractivity contribution in [3.8, 4) is 17.2 Å². The highest BCUT2D eigenvalue weighted by atomic mass is 16.6. The van der Waals surface area contributed by atoms with E-state index in [-0.39, 0.29) is 6.04 Å². The molecule has 0 radical (unpaired) electrons. The second kappa shape index (κ2) is 5.96. The molecule has 0 aliphatic carbocycles. The van der Waals surface area contributed by atoms with Crippen LogP contribution in [0.3, 0.4) is 0 Å². The number of anilines is 1. The molecule has 124 valence electrons. The highest BCUT2D eigenvalue weighted by molar-refractivity contribution is 5.81. The topological polar surface area (TPSA) is 68.4 Å². The third-order valence-corrected chi connectivity index (χ3v) is 4.11. The highest BCUT2D eigenvalue weighted by Gasteiger charge is 2.15. The van der Waals surface area contributed by atoms with E-state index in [1.165, 1.54) is 0 Å². The van der Waals surface area contributed by atoms with Crippen LogP contribution < -0.4 is 19.5 Å². The van der Waals surface area contributed by atoms with Crippen LogP contribution in [0.1, 0.15) is 18.5 Å². The van der Waals surface area contributed by atoms with Crippen LogP contribution in [0.25, 0.3) is 11.0 Å². The number of ether oxygens (including phenoxy) is 3. The number of fused-ring (bicyclic) bond motifs is 2. The molecule has 0 amide bonds. The zero-order chi connectivity index (χ0) is 16.5. The van der Waals surface area contributed by atoms with Crippen molar-refractivity contribution in [3.05, 3.63) is 42.0 Å². The third kappa shape index (κ3) is 2.71. The van der Waals surface area contributed by atoms with Crippen molar-refractivity contribution in [1.82, 2.24) is 9.97 Å². The lowest BCUT2D eigenvalue weighted by molar-refractivity contribution is 0.172. The van der Waals surface area contributed by atoms with Crippen LogP contribution in [-0.4, -0.2) is 30.3 Å². The smallest absolute Gasteiger partial charge is 0.201 e. The normalized spacial score (nSPS) is 14.4. The van der Waals surface area contributed by atoms with Crippen molar-refractivity contribution in [2.75, 3.05) is 25.6 Å². The lowest BCUT2D eigenvalue weighted by Crippen LogP contribution is -2.15. The number of methoxy groups -OCH3 is 1. The van der Waals surface area contributed by atoms with Crippen LogP contribution in [0, 0.1) is 0 Å². The van der Waals surface area contributed by atoms with Gasteiger partial charge in [0.05, 0.1) is 24.2 Å². The molecule has 6 nitrogen and oxygen atoms in total. The average molecular weight is 325 g/mol. The summed E-state index contributed by atoms with van der Waals surface area (Å²) in [7, 11) is 1.66. The maximum Gasteiger partial charge on any atom is 0.201 e. The molecular formula is C18H19N3O3. The summed E-state index contributed by atoms with van der Waals surface area (Å²) in [6.45, 7) is 3.24. The number of benzene rings is 2. The Morgan fingerprint density at radius 1 is 1.12 bits per heavy atom. The van der Waals surface area contributed by atoms with E-state index in [0.29, 0.717) is 13.2 Å². The minimum Gasteiger partial charge on any atom is -0.497 e. The molecule has 0 saturated heterocycles. The molecule has 1 aliphatic rings. The highest BCUT2D eigenvalue weighted by Crippen LogP contribution is 2.34. The summed E-state index contributed by atoms with van der Waals surface area (Å²) < 4.78 is 16.4. The van der Waals surface area contributed by atoms with Crippen molar-refractivity contribution in [1.29, 1.82) is 0 Å². The number of nitrogens with one attached hydrogen (secondary N) is 2. The number of aromatic nitrogens is 2. The molecule has 1 aliphatic heterocycles. The van der Waals surface area contributed by atoms with Gasteiger partial charge < -0.3 is 24.5 Å². The number of H-pyrrole nitrogens is 1. The molecule has 1 atom stereocenters. The van der Waals surface area contributed by atoms with E-state index in [0.717, 1.165) is 39.8 Å². The first-order chi connectivity index (χ1) is 11.7. The predicted molar refractivity (Wildman–Crippen MR) is 92.1 cm³/mol. The first-order valence-corrected chi connectivity index (χ1v) is 7.93. The molecule has 6 heteroatoms. The van der Waals surface area contributed by atoms with Crippen LogP contribution in [0.4, 0.5) is 5.95 Å². The summed E-state index contributed by atoms with van der Waals surface area (Å²) in [5, 5.41) is 3.39. The van der Waals surface area contributed by atoms with Crippen molar-refractivity contribution in [2.24, 2.45) is 0 Å². The minimum absolute atomic E-state index is 0.110. The second-order valence-electron chi connectivity index (χ2n) is 5.74. The van der Waals surface area contributed by atoms with Crippen LogP contribution in [0.2, 0.25) is 0 Å². The SMILES string of the molecule is COc1ccc(C(C)Nc2nc3cc4c(cc3[nH]2)OCCO4)cc1. The molecule has 2 N–H and O–H groups in total. The monoisotopic (exact) mass is 325 g/mol. The summed E-state index contributed by atoms with van der Waals surface area (Å²) in [5.74, 6) is 3.07. The van der Waals surface area contributed by atoms with Gasteiger partial charge in [-0.25, -0.2) is 4.98 Å². The van der Waals surface area contributed by atoms with Gasteiger partial charge in [0, 0.05) is 12.1 Å². The number of hydrogen-bond donors (Lipinski definition) is 2. The van der Waals surface area contributed by atoms with Crippen LogP contribution in [0.15, 0.2) is 36.4 Å².